The first-order valence-corrected chi connectivity index (χ1v) is 5.49. The molecule has 1 amide bonds. The summed E-state index contributed by atoms with van der Waals surface area (Å²) in [5.41, 5.74) is 6.65. The second-order valence-corrected chi connectivity index (χ2v) is 4.02. The molecular formula is C11H9FN2OS. The smallest absolute Gasteiger partial charge is 0.256 e. The minimum Gasteiger partial charge on any atom is -0.399 e. The van der Waals surface area contributed by atoms with Crippen molar-refractivity contribution < 1.29 is 9.18 Å². The van der Waals surface area contributed by atoms with Crippen molar-refractivity contribution in [3.63, 3.8) is 0 Å². The van der Waals surface area contributed by atoms with Crippen LogP contribution in [0.4, 0.5) is 15.8 Å². The molecule has 5 heteroatoms. The molecule has 1 aromatic carbocycles. The number of nitrogens with one attached hydrogen (secondary N) is 1. The van der Waals surface area contributed by atoms with Gasteiger partial charge in [-0.05, 0) is 29.6 Å². The lowest BCUT2D eigenvalue weighted by Gasteiger charge is -2.04. The number of hydrogen-bond donors (Lipinski definition) is 2. The quantitative estimate of drug-likeness (QED) is 0.788. The van der Waals surface area contributed by atoms with Crippen LogP contribution in [0.1, 0.15) is 10.4 Å². The fourth-order valence-corrected chi connectivity index (χ4v) is 1.92. The van der Waals surface area contributed by atoms with Crippen LogP contribution in [-0.4, -0.2) is 5.91 Å². The second kappa shape index (κ2) is 4.32. The summed E-state index contributed by atoms with van der Waals surface area (Å²) in [5.74, 6) is -0.744. The van der Waals surface area contributed by atoms with Crippen LogP contribution in [0.3, 0.4) is 0 Å². The summed E-state index contributed by atoms with van der Waals surface area (Å²) in [6.45, 7) is 0. The molecule has 0 radical (unpaired) electrons. The van der Waals surface area contributed by atoms with Gasteiger partial charge in [-0.2, -0.15) is 11.3 Å². The number of nitrogen functional groups attached to an aromatic ring is 1. The lowest BCUT2D eigenvalue weighted by Crippen LogP contribution is -2.11. The number of carbonyl (C=O) groups is 1. The van der Waals surface area contributed by atoms with Gasteiger partial charge in [-0.3, -0.25) is 4.79 Å². The lowest BCUT2D eigenvalue weighted by atomic mass is 10.2. The van der Waals surface area contributed by atoms with E-state index in [4.69, 9.17) is 5.73 Å². The number of thiophene rings is 1. The van der Waals surface area contributed by atoms with E-state index in [1.807, 2.05) is 0 Å². The van der Waals surface area contributed by atoms with Crippen molar-refractivity contribution in [2.45, 2.75) is 0 Å². The number of halogens is 1. The summed E-state index contributed by atoms with van der Waals surface area (Å²) < 4.78 is 13.0. The molecule has 3 N–H and O–H groups in total. The van der Waals surface area contributed by atoms with Crippen molar-refractivity contribution in [2.24, 2.45) is 0 Å². The van der Waals surface area contributed by atoms with E-state index in [1.165, 1.54) is 29.5 Å². The molecule has 2 aromatic rings. The molecule has 0 spiro atoms. The number of anilines is 2. The van der Waals surface area contributed by atoms with Crippen molar-refractivity contribution in [3.05, 3.63) is 46.4 Å². The van der Waals surface area contributed by atoms with Gasteiger partial charge in [0.25, 0.3) is 5.91 Å². The zero-order chi connectivity index (χ0) is 11.5. The lowest BCUT2D eigenvalue weighted by molar-refractivity contribution is 0.102. The zero-order valence-corrected chi connectivity index (χ0v) is 9.05. The van der Waals surface area contributed by atoms with Gasteiger partial charge in [-0.15, -0.1) is 0 Å². The first kappa shape index (κ1) is 10.6. The molecule has 1 aromatic heterocycles. The Kier molecular flexibility index (Phi) is 2.87. The molecule has 2 rings (SSSR count). The molecule has 0 aliphatic carbocycles. The Morgan fingerprint density at radius 3 is 2.81 bits per heavy atom. The van der Waals surface area contributed by atoms with Crippen LogP contribution in [0.2, 0.25) is 0 Å². The van der Waals surface area contributed by atoms with Crippen molar-refractivity contribution in [3.8, 4) is 0 Å². The van der Waals surface area contributed by atoms with Crippen LogP contribution in [0, 0.1) is 5.82 Å². The zero-order valence-electron chi connectivity index (χ0n) is 8.24. The molecule has 1 heterocycles. The van der Waals surface area contributed by atoms with Crippen LogP contribution < -0.4 is 11.1 Å². The van der Waals surface area contributed by atoms with E-state index in [2.05, 4.69) is 5.32 Å². The van der Waals surface area contributed by atoms with Crippen LogP contribution in [-0.2, 0) is 0 Å². The monoisotopic (exact) mass is 236 g/mol. The summed E-state index contributed by atoms with van der Waals surface area (Å²) in [6.07, 6.45) is 0. The molecule has 0 saturated carbocycles. The second-order valence-electron chi connectivity index (χ2n) is 3.24. The SMILES string of the molecule is Nc1cc(F)cc(NC(=O)c2ccsc2)c1. The van der Waals surface area contributed by atoms with E-state index in [0.717, 1.165) is 0 Å². The molecule has 82 valence electrons. The van der Waals surface area contributed by atoms with Crippen molar-refractivity contribution >= 4 is 28.6 Å². The number of rotatable bonds is 2. The summed E-state index contributed by atoms with van der Waals surface area (Å²) >= 11 is 1.43. The molecule has 0 unspecified atom stereocenters. The molecule has 3 nitrogen and oxygen atoms in total. The number of nitrogens with two attached hydrogens (primary N) is 1. The van der Waals surface area contributed by atoms with E-state index < -0.39 is 5.82 Å². The minimum atomic E-state index is -0.472. The van der Waals surface area contributed by atoms with E-state index >= 15 is 0 Å². The number of carbonyl (C=O) groups excluding carboxylic acids is 1. The van der Waals surface area contributed by atoms with Crippen molar-refractivity contribution in [2.75, 3.05) is 11.1 Å². The van der Waals surface area contributed by atoms with Crippen LogP contribution in [0.25, 0.3) is 0 Å². The fraction of sp³-hybridized carbons (Fsp3) is 0. The van der Waals surface area contributed by atoms with Crippen molar-refractivity contribution in [1.82, 2.24) is 0 Å². The third-order valence-corrected chi connectivity index (χ3v) is 2.64. The van der Waals surface area contributed by atoms with E-state index in [1.54, 1.807) is 16.8 Å². The molecular weight excluding hydrogens is 227 g/mol. The van der Waals surface area contributed by atoms with Crippen molar-refractivity contribution in [1.29, 1.82) is 0 Å². The average molecular weight is 236 g/mol. The van der Waals surface area contributed by atoms with Gasteiger partial charge in [-0.1, -0.05) is 0 Å². The maximum absolute atomic E-state index is 13.0. The maximum atomic E-state index is 13.0. The summed E-state index contributed by atoms with van der Waals surface area (Å²) in [5, 5.41) is 6.09. The van der Waals surface area contributed by atoms with E-state index in [-0.39, 0.29) is 11.6 Å². The Morgan fingerprint density at radius 1 is 1.38 bits per heavy atom. The normalized spacial score (nSPS) is 10.1. The van der Waals surface area contributed by atoms with Gasteiger partial charge in [0.2, 0.25) is 0 Å². The van der Waals surface area contributed by atoms with Crippen LogP contribution >= 0.6 is 11.3 Å². The van der Waals surface area contributed by atoms with Gasteiger partial charge >= 0.3 is 0 Å². The maximum Gasteiger partial charge on any atom is 0.256 e. The predicted molar refractivity (Wildman–Crippen MR) is 63.1 cm³/mol. The Labute approximate surface area is 95.7 Å². The summed E-state index contributed by atoms with van der Waals surface area (Å²) in [7, 11) is 0. The van der Waals surface area contributed by atoms with Gasteiger partial charge < -0.3 is 11.1 Å². The van der Waals surface area contributed by atoms with Gasteiger partial charge in [-0.25, -0.2) is 4.39 Å². The Bertz CT molecular complexity index is 490. The predicted octanol–water partition coefficient (Wildman–Crippen LogP) is 2.72. The van der Waals surface area contributed by atoms with Gasteiger partial charge in [0.05, 0.1) is 5.56 Å². The Balaban J connectivity index is 2.18. The van der Waals surface area contributed by atoms with Gasteiger partial charge in [0.15, 0.2) is 0 Å². The van der Waals surface area contributed by atoms with E-state index in [9.17, 15) is 9.18 Å². The highest BCUT2D eigenvalue weighted by Gasteiger charge is 2.07. The van der Waals surface area contributed by atoms with Gasteiger partial charge in [0, 0.05) is 16.8 Å². The molecule has 0 fully saturated rings. The number of amides is 1. The standard InChI is InChI=1S/C11H9FN2OS/c12-8-3-9(13)5-10(4-8)14-11(15)7-1-2-16-6-7/h1-6H,13H2,(H,14,15). The average Bonchev–Trinajstić information content (AvgIpc) is 2.68. The van der Waals surface area contributed by atoms with Crippen LogP contribution in [0.5, 0.6) is 0 Å². The first-order chi connectivity index (χ1) is 7.65. The molecule has 0 aliphatic rings. The number of benzene rings is 1. The summed E-state index contributed by atoms with van der Waals surface area (Å²) in [4.78, 5) is 11.6. The molecule has 0 bridgehead atoms. The third-order valence-electron chi connectivity index (χ3n) is 1.96. The Hall–Kier alpha value is -1.88. The third kappa shape index (κ3) is 2.38. The molecule has 16 heavy (non-hydrogen) atoms. The first-order valence-electron chi connectivity index (χ1n) is 4.55. The number of hydrogen-bond acceptors (Lipinski definition) is 3. The topological polar surface area (TPSA) is 55.1 Å². The molecule has 0 saturated heterocycles. The highest BCUT2D eigenvalue weighted by Crippen LogP contribution is 2.17. The molecule has 0 atom stereocenters. The Morgan fingerprint density at radius 2 is 2.19 bits per heavy atom. The van der Waals surface area contributed by atoms with E-state index in [0.29, 0.717) is 11.3 Å². The fourth-order valence-electron chi connectivity index (χ4n) is 1.28. The largest absolute Gasteiger partial charge is 0.399 e. The van der Waals surface area contributed by atoms with Gasteiger partial charge in [0.1, 0.15) is 5.82 Å². The van der Waals surface area contributed by atoms with Crippen LogP contribution in [0.15, 0.2) is 35.0 Å². The minimum absolute atomic E-state index is 0.272. The summed E-state index contributed by atoms with van der Waals surface area (Å²) in [6, 6.07) is 5.62. The molecule has 0 aliphatic heterocycles. The highest BCUT2D eigenvalue weighted by molar-refractivity contribution is 7.08. The highest BCUT2D eigenvalue weighted by atomic mass is 32.1.